The minimum atomic E-state index is -0.721. The summed E-state index contributed by atoms with van der Waals surface area (Å²) in [7, 11) is 0. The number of halogens is 2. The van der Waals surface area contributed by atoms with Crippen molar-refractivity contribution in [2.24, 2.45) is 0 Å². The van der Waals surface area contributed by atoms with Crippen molar-refractivity contribution < 1.29 is 52.5 Å². The minimum Gasteiger partial charge on any atom is -1.00 e. The van der Waals surface area contributed by atoms with Gasteiger partial charge in [-0.3, -0.25) is 0 Å². The minimum absolute atomic E-state index is 0. The van der Waals surface area contributed by atoms with Crippen molar-refractivity contribution in [2.45, 2.75) is 62.5 Å². The summed E-state index contributed by atoms with van der Waals surface area (Å²) >= 11 is -0.721. The molecular formula is C17H22Cl2O2Ti. The zero-order chi connectivity index (χ0) is 14.1. The van der Waals surface area contributed by atoms with Gasteiger partial charge in [-0.2, -0.15) is 0 Å². The van der Waals surface area contributed by atoms with Crippen LogP contribution < -0.4 is 24.8 Å². The van der Waals surface area contributed by atoms with Gasteiger partial charge in [0.05, 0.1) is 0 Å². The van der Waals surface area contributed by atoms with E-state index in [2.05, 4.69) is 6.58 Å². The van der Waals surface area contributed by atoms with Crippen LogP contribution in [0.3, 0.4) is 0 Å². The maximum Gasteiger partial charge on any atom is -1.00 e. The second-order valence-corrected chi connectivity index (χ2v) is 7.73. The Balaban J connectivity index is 0.00000121. The van der Waals surface area contributed by atoms with Gasteiger partial charge in [0.2, 0.25) is 0 Å². The fraction of sp³-hybridized carbons (Fsp3) is 0.588. The van der Waals surface area contributed by atoms with Crippen LogP contribution in [-0.4, -0.2) is 5.97 Å². The van der Waals surface area contributed by atoms with Gasteiger partial charge in [-0.1, -0.05) is 0 Å². The molecule has 3 aliphatic rings. The molecule has 0 aliphatic heterocycles. The van der Waals surface area contributed by atoms with Crippen molar-refractivity contribution >= 4 is 5.97 Å². The second kappa shape index (κ2) is 8.73. The molecule has 0 radical (unpaired) electrons. The van der Waals surface area contributed by atoms with E-state index in [0.717, 1.165) is 0 Å². The first kappa shape index (κ1) is 20.0. The Hall–Kier alpha value is -0.0157. The van der Waals surface area contributed by atoms with Crippen molar-refractivity contribution in [2.75, 3.05) is 0 Å². The van der Waals surface area contributed by atoms with Crippen molar-refractivity contribution in [1.29, 1.82) is 0 Å². The molecule has 0 N–H and O–H groups in total. The quantitative estimate of drug-likeness (QED) is 0.450. The molecule has 0 saturated carbocycles. The van der Waals surface area contributed by atoms with Crippen molar-refractivity contribution in [3.8, 4) is 0 Å². The molecule has 2 nitrogen and oxygen atoms in total. The molecule has 0 bridgehead atoms. The van der Waals surface area contributed by atoms with Gasteiger partial charge < -0.3 is 24.8 Å². The topological polar surface area (TPSA) is 26.3 Å². The van der Waals surface area contributed by atoms with E-state index < -0.39 is 19.5 Å². The van der Waals surface area contributed by atoms with Gasteiger partial charge in [-0.25, -0.2) is 0 Å². The molecule has 120 valence electrons. The maximum absolute atomic E-state index is 11.7. The van der Waals surface area contributed by atoms with Crippen LogP contribution in [0.2, 0.25) is 4.22 Å². The summed E-state index contributed by atoms with van der Waals surface area (Å²) in [6.45, 7) is 5.42. The number of fused-ring (bicyclic) bond motifs is 1. The Bertz CT molecular complexity index is 491. The summed E-state index contributed by atoms with van der Waals surface area (Å²) < 4.78 is 6.12. The van der Waals surface area contributed by atoms with E-state index in [-0.39, 0.29) is 30.8 Å². The molecule has 0 amide bonds. The fourth-order valence-corrected chi connectivity index (χ4v) is 5.80. The Morgan fingerprint density at radius 1 is 1.00 bits per heavy atom. The molecule has 0 aromatic carbocycles. The number of carbonyl (C=O) groups excluding carboxylic acids is 1. The van der Waals surface area contributed by atoms with Crippen LogP contribution in [0.5, 0.6) is 0 Å². The Kier molecular flexibility index (Phi) is 7.95. The van der Waals surface area contributed by atoms with Crippen molar-refractivity contribution in [3.05, 3.63) is 34.4 Å². The Labute approximate surface area is 155 Å². The third-order valence-corrected chi connectivity index (χ3v) is 6.63. The number of carbonyl (C=O) groups is 1. The van der Waals surface area contributed by atoms with Gasteiger partial charge in [-0.15, -0.1) is 0 Å². The molecule has 0 spiro atoms. The van der Waals surface area contributed by atoms with E-state index in [1.807, 2.05) is 0 Å². The summed E-state index contributed by atoms with van der Waals surface area (Å²) in [4.78, 5) is 11.7. The third-order valence-electron chi connectivity index (χ3n) is 4.70. The molecule has 0 aromatic rings. The summed E-state index contributed by atoms with van der Waals surface area (Å²) in [6, 6.07) is 0. The van der Waals surface area contributed by atoms with E-state index in [1.165, 1.54) is 51.4 Å². The molecule has 3 aliphatic carbocycles. The van der Waals surface area contributed by atoms with Crippen LogP contribution in [0, 0.1) is 0 Å². The number of rotatable bonds is 3. The molecule has 0 saturated heterocycles. The van der Waals surface area contributed by atoms with Gasteiger partial charge in [0.25, 0.3) is 0 Å². The zero-order valence-corrected chi connectivity index (χ0v) is 16.1. The fourth-order valence-electron chi connectivity index (χ4n) is 3.74. The van der Waals surface area contributed by atoms with E-state index in [4.69, 9.17) is 3.32 Å². The summed E-state index contributed by atoms with van der Waals surface area (Å²) in [5.74, 6) is -0.187. The number of allylic oxidation sites excluding steroid dienone is 4. The molecule has 0 aromatic heterocycles. The summed E-state index contributed by atoms with van der Waals surface area (Å²) in [5.41, 5.74) is 7.18. The zero-order valence-electron chi connectivity index (χ0n) is 13.0. The number of hydrogen-bond acceptors (Lipinski definition) is 2. The van der Waals surface area contributed by atoms with Gasteiger partial charge in [0.1, 0.15) is 0 Å². The predicted molar refractivity (Wildman–Crippen MR) is 75.6 cm³/mol. The average Bonchev–Trinajstić information content (AvgIpc) is 2.79. The van der Waals surface area contributed by atoms with Crippen molar-refractivity contribution in [3.63, 3.8) is 0 Å². The molecule has 0 unspecified atom stereocenters. The first-order chi connectivity index (χ1) is 9.68. The van der Waals surface area contributed by atoms with Crippen molar-refractivity contribution in [1.82, 2.24) is 0 Å². The maximum atomic E-state index is 11.7. The predicted octanol–water partition coefficient (Wildman–Crippen LogP) is -1.35. The second-order valence-electron chi connectivity index (χ2n) is 6.14. The average molecular weight is 377 g/mol. The third kappa shape index (κ3) is 3.90. The summed E-state index contributed by atoms with van der Waals surface area (Å²) in [6.07, 6.45) is 10.3. The van der Waals surface area contributed by atoms with Gasteiger partial charge in [0, 0.05) is 0 Å². The first-order valence-corrected chi connectivity index (χ1v) is 9.29. The SMILES string of the molecule is C=C(C)C(=O)[O][Ti+2][CH]1C2=C(CCCC2)C2=C1CCCC2.[Cl-].[Cl-]. The molecule has 3 rings (SSSR count). The normalized spacial score (nSPS) is 20.2. The Morgan fingerprint density at radius 2 is 1.45 bits per heavy atom. The van der Waals surface area contributed by atoms with Crippen LogP contribution >= 0.6 is 0 Å². The smallest absolute Gasteiger partial charge is 1.00 e. The molecule has 0 atom stereocenters. The van der Waals surface area contributed by atoms with Crippen LogP contribution in [0.4, 0.5) is 0 Å². The summed E-state index contributed by atoms with van der Waals surface area (Å²) in [5, 5.41) is 0. The molecule has 0 heterocycles. The standard InChI is InChI=1S/C13H17.C4H6O2.2ClH.Ti/c1-3-7-12-10(5-1)9-11-6-2-4-8-13(11)12;1-3(2)4(5)6;;;/h9H,1-8H2;1H2,2H3,(H,5,6);2*1H;/q;;;;+3/p-3. The van der Waals surface area contributed by atoms with Crippen LogP contribution in [0.1, 0.15) is 58.3 Å². The van der Waals surface area contributed by atoms with Crippen LogP contribution in [0.15, 0.2) is 34.4 Å². The first-order valence-electron chi connectivity index (χ1n) is 7.75. The van der Waals surface area contributed by atoms with Crippen LogP contribution in [-0.2, 0) is 27.7 Å². The van der Waals surface area contributed by atoms with E-state index >= 15 is 0 Å². The van der Waals surface area contributed by atoms with E-state index in [9.17, 15) is 4.79 Å². The molecule has 0 fully saturated rings. The monoisotopic (exact) mass is 376 g/mol. The van der Waals surface area contributed by atoms with E-state index in [0.29, 0.717) is 9.80 Å². The molecule has 5 heteroatoms. The van der Waals surface area contributed by atoms with Gasteiger partial charge in [0.15, 0.2) is 0 Å². The van der Waals surface area contributed by atoms with Gasteiger partial charge >= 0.3 is 131 Å². The van der Waals surface area contributed by atoms with Crippen LogP contribution in [0.25, 0.3) is 0 Å². The Morgan fingerprint density at radius 3 is 1.91 bits per heavy atom. The largest absolute Gasteiger partial charge is 1.00 e. The molecule has 22 heavy (non-hydrogen) atoms. The molecular weight excluding hydrogens is 355 g/mol. The van der Waals surface area contributed by atoms with Gasteiger partial charge in [-0.05, 0) is 0 Å². The number of hydrogen-bond donors (Lipinski definition) is 0. The van der Waals surface area contributed by atoms with E-state index in [1.54, 1.807) is 29.2 Å².